The number of nitrogens with zero attached hydrogens (tertiary/aromatic N) is 1. The van der Waals surface area contributed by atoms with Crippen LogP contribution in [-0.2, 0) is 11.3 Å². The van der Waals surface area contributed by atoms with Gasteiger partial charge in [0.15, 0.2) is 0 Å². The quantitative estimate of drug-likeness (QED) is 0.887. The number of amides is 2. The Kier molecular flexibility index (Phi) is 5.40. The fourth-order valence-corrected chi connectivity index (χ4v) is 1.94. The number of methoxy groups -OCH3 is 1. The molecule has 0 aliphatic carbocycles. The average molecular weight is 288 g/mol. The zero-order chi connectivity index (χ0) is 15.1. The minimum Gasteiger partial charge on any atom is -0.464 e. The van der Waals surface area contributed by atoms with Gasteiger partial charge in [-0.25, -0.2) is 4.79 Å². The molecule has 2 rings (SSSR count). The minimum absolute atomic E-state index is 0.174. The second-order valence-corrected chi connectivity index (χ2v) is 4.72. The van der Waals surface area contributed by atoms with Crippen LogP contribution in [0.4, 0.5) is 10.5 Å². The van der Waals surface area contributed by atoms with Crippen LogP contribution < -0.4 is 5.32 Å². The number of hydrogen-bond acceptors (Lipinski definition) is 3. The number of aryl methyl sites for hydroxylation is 1. The van der Waals surface area contributed by atoms with E-state index in [4.69, 9.17) is 9.15 Å². The molecule has 0 saturated carbocycles. The van der Waals surface area contributed by atoms with Crippen LogP contribution in [0.1, 0.15) is 11.5 Å². The molecule has 5 nitrogen and oxygen atoms in total. The number of anilines is 1. The second kappa shape index (κ2) is 7.50. The molecule has 1 aromatic heterocycles. The van der Waals surface area contributed by atoms with Crippen molar-refractivity contribution >= 4 is 11.7 Å². The number of carbonyl (C=O) groups excluding carboxylic acids is 1. The Morgan fingerprint density at radius 2 is 2.00 bits per heavy atom. The first kappa shape index (κ1) is 15.1. The molecule has 1 aromatic carbocycles. The molecule has 0 aliphatic heterocycles. The SMILES string of the molecule is COCCN(Cc1ccc(C)o1)C(=O)Nc1ccccc1. The van der Waals surface area contributed by atoms with Gasteiger partial charge in [-0.2, -0.15) is 0 Å². The molecule has 0 atom stereocenters. The highest BCUT2D eigenvalue weighted by molar-refractivity contribution is 5.89. The highest BCUT2D eigenvalue weighted by Gasteiger charge is 2.15. The summed E-state index contributed by atoms with van der Waals surface area (Å²) in [6.45, 7) is 3.26. The van der Waals surface area contributed by atoms with Gasteiger partial charge in [0, 0.05) is 19.3 Å². The normalized spacial score (nSPS) is 10.4. The van der Waals surface area contributed by atoms with E-state index in [-0.39, 0.29) is 6.03 Å². The van der Waals surface area contributed by atoms with E-state index < -0.39 is 0 Å². The van der Waals surface area contributed by atoms with E-state index in [9.17, 15) is 4.79 Å². The van der Waals surface area contributed by atoms with E-state index in [2.05, 4.69) is 5.32 Å². The van der Waals surface area contributed by atoms with Gasteiger partial charge < -0.3 is 19.4 Å². The van der Waals surface area contributed by atoms with Crippen LogP contribution in [0.3, 0.4) is 0 Å². The first-order valence-electron chi connectivity index (χ1n) is 6.84. The molecule has 0 spiro atoms. The number of urea groups is 1. The van der Waals surface area contributed by atoms with Crippen LogP contribution in [-0.4, -0.2) is 31.2 Å². The third-order valence-electron chi connectivity index (χ3n) is 3.02. The maximum absolute atomic E-state index is 12.3. The van der Waals surface area contributed by atoms with Crippen molar-refractivity contribution in [2.75, 3.05) is 25.6 Å². The molecule has 2 aromatic rings. The molecule has 1 N–H and O–H groups in total. The Morgan fingerprint density at radius 3 is 2.62 bits per heavy atom. The van der Waals surface area contributed by atoms with Crippen molar-refractivity contribution in [3.8, 4) is 0 Å². The predicted molar refractivity (Wildman–Crippen MR) is 81.2 cm³/mol. The molecule has 112 valence electrons. The molecule has 0 saturated heterocycles. The van der Waals surface area contributed by atoms with E-state index in [0.29, 0.717) is 19.7 Å². The number of benzene rings is 1. The number of nitrogens with one attached hydrogen (secondary N) is 1. The maximum Gasteiger partial charge on any atom is 0.322 e. The van der Waals surface area contributed by atoms with Crippen LogP contribution in [0.25, 0.3) is 0 Å². The van der Waals surface area contributed by atoms with Gasteiger partial charge in [-0.1, -0.05) is 18.2 Å². The summed E-state index contributed by atoms with van der Waals surface area (Å²) >= 11 is 0. The summed E-state index contributed by atoms with van der Waals surface area (Å²) in [5.41, 5.74) is 0.764. The van der Waals surface area contributed by atoms with Crippen molar-refractivity contribution in [2.45, 2.75) is 13.5 Å². The van der Waals surface area contributed by atoms with Gasteiger partial charge in [-0.3, -0.25) is 0 Å². The first-order chi connectivity index (χ1) is 10.2. The summed E-state index contributed by atoms with van der Waals surface area (Å²) in [5.74, 6) is 1.59. The van der Waals surface area contributed by atoms with E-state index in [1.165, 1.54) is 0 Å². The maximum atomic E-state index is 12.3. The molecule has 5 heteroatoms. The second-order valence-electron chi connectivity index (χ2n) is 4.72. The third-order valence-corrected chi connectivity index (χ3v) is 3.02. The van der Waals surface area contributed by atoms with Gasteiger partial charge in [0.25, 0.3) is 0 Å². The molecular weight excluding hydrogens is 268 g/mol. The lowest BCUT2D eigenvalue weighted by molar-refractivity contribution is 0.149. The number of ether oxygens (including phenoxy) is 1. The lowest BCUT2D eigenvalue weighted by Gasteiger charge is -2.21. The number of para-hydroxylation sites is 1. The Bertz CT molecular complexity index is 566. The summed E-state index contributed by atoms with van der Waals surface area (Å²) in [6, 6.07) is 13.0. The van der Waals surface area contributed by atoms with Crippen molar-refractivity contribution in [1.29, 1.82) is 0 Å². The summed E-state index contributed by atoms with van der Waals surface area (Å²) in [5, 5.41) is 2.87. The molecule has 0 aliphatic rings. The highest BCUT2D eigenvalue weighted by atomic mass is 16.5. The number of furan rings is 1. The van der Waals surface area contributed by atoms with Crippen molar-refractivity contribution in [2.24, 2.45) is 0 Å². The van der Waals surface area contributed by atoms with Gasteiger partial charge in [-0.15, -0.1) is 0 Å². The lowest BCUT2D eigenvalue weighted by Crippen LogP contribution is -2.36. The molecule has 1 heterocycles. The van der Waals surface area contributed by atoms with Crippen molar-refractivity contribution < 1.29 is 13.9 Å². The Morgan fingerprint density at radius 1 is 1.24 bits per heavy atom. The minimum atomic E-state index is -0.174. The number of carbonyl (C=O) groups is 1. The average Bonchev–Trinajstić information content (AvgIpc) is 2.89. The monoisotopic (exact) mass is 288 g/mol. The van der Waals surface area contributed by atoms with E-state index in [1.807, 2.05) is 49.4 Å². The van der Waals surface area contributed by atoms with Crippen molar-refractivity contribution in [3.63, 3.8) is 0 Å². The molecule has 21 heavy (non-hydrogen) atoms. The summed E-state index contributed by atoms with van der Waals surface area (Å²) in [6.07, 6.45) is 0. The fraction of sp³-hybridized carbons (Fsp3) is 0.312. The van der Waals surface area contributed by atoms with Crippen LogP contribution in [0.2, 0.25) is 0 Å². The van der Waals surface area contributed by atoms with E-state index in [0.717, 1.165) is 17.2 Å². The Hall–Kier alpha value is -2.27. The topological polar surface area (TPSA) is 54.7 Å². The molecule has 0 unspecified atom stereocenters. The predicted octanol–water partition coefficient (Wildman–Crippen LogP) is 3.27. The molecule has 0 bridgehead atoms. The van der Waals surface area contributed by atoms with Crippen LogP contribution >= 0.6 is 0 Å². The molecule has 2 amide bonds. The zero-order valence-corrected chi connectivity index (χ0v) is 12.3. The van der Waals surface area contributed by atoms with Crippen LogP contribution in [0.5, 0.6) is 0 Å². The summed E-state index contributed by atoms with van der Waals surface area (Å²) in [4.78, 5) is 14.0. The van der Waals surface area contributed by atoms with Crippen LogP contribution in [0, 0.1) is 6.92 Å². The van der Waals surface area contributed by atoms with Gasteiger partial charge in [0.1, 0.15) is 11.5 Å². The van der Waals surface area contributed by atoms with Gasteiger partial charge in [0.2, 0.25) is 0 Å². The van der Waals surface area contributed by atoms with Gasteiger partial charge >= 0.3 is 6.03 Å². The standard InChI is InChI=1S/C16H20N2O3/c1-13-8-9-15(21-13)12-18(10-11-20-2)16(19)17-14-6-4-3-5-7-14/h3-9H,10-12H2,1-2H3,(H,17,19). The van der Waals surface area contributed by atoms with Gasteiger partial charge in [0.05, 0.1) is 13.2 Å². The smallest absolute Gasteiger partial charge is 0.322 e. The third kappa shape index (κ3) is 4.65. The van der Waals surface area contributed by atoms with Crippen LogP contribution in [0.15, 0.2) is 46.9 Å². The summed E-state index contributed by atoms with van der Waals surface area (Å²) < 4.78 is 10.6. The number of hydrogen-bond donors (Lipinski definition) is 1. The van der Waals surface area contributed by atoms with Crippen molar-refractivity contribution in [3.05, 3.63) is 54.0 Å². The highest BCUT2D eigenvalue weighted by Crippen LogP contribution is 2.12. The fourth-order valence-electron chi connectivity index (χ4n) is 1.94. The Balaban J connectivity index is 2.02. The van der Waals surface area contributed by atoms with E-state index >= 15 is 0 Å². The Labute approximate surface area is 124 Å². The molecule has 0 radical (unpaired) electrons. The molecular formula is C16H20N2O3. The number of rotatable bonds is 6. The first-order valence-corrected chi connectivity index (χ1v) is 6.84. The molecule has 0 fully saturated rings. The zero-order valence-electron chi connectivity index (χ0n) is 12.3. The largest absolute Gasteiger partial charge is 0.464 e. The van der Waals surface area contributed by atoms with E-state index in [1.54, 1.807) is 12.0 Å². The van der Waals surface area contributed by atoms with Crippen molar-refractivity contribution in [1.82, 2.24) is 4.90 Å². The van der Waals surface area contributed by atoms with Gasteiger partial charge in [-0.05, 0) is 31.2 Å². The lowest BCUT2D eigenvalue weighted by atomic mass is 10.3. The summed E-state index contributed by atoms with van der Waals surface area (Å²) in [7, 11) is 1.62.